The molecule has 0 saturated heterocycles. The van der Waals surface area contributed by atoms with Crippen LogP contribution in [0.3, 0.4) is 0 Å². The van der Waals surface area contributed by atoms with Crippen molar-refractivity contribution in [3.63, 3.8) is 0 Å². The van der Waals surface area contributed by atoms with Gasteiger partial charge < -0.3 is 30.4 Å². The molecule has 0 spiro atoms. The average molecular weight is 264 g/mol. The van der Waals surface area contributed by atoms with Crippen molar-refractivity contribution in [1.29, 1.82) is 0 Å². The van der Waals surface area contributed by atoms with E-state index in [1.807, 2.05) is 0 Å². The van der Waals surface area contributed by atoms with Gasteiger partial charge in [-0.15, -0.1) is 0 Å². The fourth-order valence-corrected chi connectivity index (χ4v) is 1.43. The number of hydrogen-bond acceptors (Lipinski definition) is 5. The first kappa shape index (κ1) is 12.6. The molecule has 1 aromatic carbocycles. The first-order valence-electron chi connectivity index (χ1n) is 5.38. The lowest BCUT2D eigenvalue weighted by atomic mass is 10.2. The number of nitrogens with one attached hydrogen (secondary N) is 2. The van der Waals surface area contributed by atoms with E-state index in [1.165, 1.54) is 6.26 Å². The van der Waals surface area contributed by atoms with E-state index >= 15 is 0 Å². The van der Waals surface area contributed by atoms with E-state index in [2.05, 4.69) is 10.6 Å². The third-order valence-electron chi connectivity index (χ3n) is 2.33. The van der Waals surface area contributed by atoms with E-state index in [1.54, 1.807) is 12.1 Å². The highest BCUT2D eigenvalue weighted by atomic mass is 16.3. The highest BCUT2D eigenvalue weighted by Crippen LogP contribution is 2.37. The molecule has 0 unspecified atom stereocenters. The Morgan fingerprint density at radius 1 is 1.21 bits per heavy atom. The molecule has 0 aliphatic carbocycles. The summed E-state index contributed by atoms with van der Waals surface area (Å²) in [6, 6.07) is 5.09. The van der Waals surface area contributed by atoms with Gasteiger partial charge in [0.1, 0.15) is 5.76 Å². The number of phenols is 3. The third kappa shape index (κ3) is 3.09. The molecule has 0 fully saturated rings. The maximum absolute atomic E-state index is 11.5. The number of aromatic hydroxyl groups is 3. The zero-order valence-electron chi connectivity index (χ0n) is 9.75. The van der Waals surface area contributed by atoms with Gasteiger partial charge in [0, 0.05) is 12.1 Å². The van der Waals surface area contributed by atoms with Crippen LogP contribution in [0, 0.1) is 0 Å². The molecule has 0 saturated carbocycles. The van der Waals surface area contributed by atoms with Crippen LogP contribution in [0.15, 0.2) is 34.9 Å². The largest absolute Gasteiger partial charge is 0.504 e. The predicted octanol–water partition coefficient (Wildman–Crippen LogP) is 1.72. The first-order chi connectivity index (χ1) is 9.06. The van der Waals surface area contributed by atoms with Gasteiger partial charge in [-0.2, -0.15) is 0 Å². The zero-order valence-corrected chi connectivity index (χ0v) is 9.75. The molecule has 5 N–H and O–H groups in total. The molecule has 100 valence electrons. The smallest absolute Gasteiger partial charge is 0.319 e. The van der Waals surface area contributed by atoms with Crippen LogP contribution in [-0.2, 0) is 6.54 Å². The van der Waals surface area contributed by atoms with Crippen LogP contribution >= 0.6 is 0 Å². The van der Waals surface area contributed by atoms with Gasteiger partial charge in [-0.25, -0.2) is 4.79 Å². The molecule has 2 aromatic rings. The number of carbonyl (C=O) groups excluding carboxylic acids is 1. The minimum absolute atomic E-state index is 0.143. The molecular weight excluding hydrogens is 252 g/mol. The molecule has 0 atom stereocenters. The summed E-state index contributed by atoms with van der Waals surface area (Å²) in [5.74, 6) is -1.10. The average Bonchev–Trinajstić information content (AvgIpc) is 2.86. The van der Waals surface area contributed by atoms with Crippen molar-refractivity contribution in [1.82, 2.24) is 5.32 Å². The van der Waals surface area contributed by atoms with Crippen LogP contribution < -0.4 is 10.6 Å². The van der Waals surface area contributed by atoms with Crippen LogP contribution in [0.2, 0.25) is 0 Å². The Kier molecular flexibility index (Phi) is 3.46. The summed E-state index contributed by atoms with van der Waals surface area (Å²) >= 11 is 0. The van der Waals surface area contributed by atoms with E-state index < -0.39 is 23.3 Å². The van der Waals surface area contributed by atoms with Crippen LogP contribution in [-0.4, -0.2) is 21.4 Å². The van der Waals surface area contributed by atoms with E-state index in [0.717, 1.165) is 12.1 Å². The van der Waals surface area contributed by atoms with Gasteiger partial charge in [0.25, 0.3) is 0 Å². The molecule has 1 aromatic heterocycles. The molecule has 1 heterocycles. The third-order valence-corrected chi connectivity index (χ3v) is 2.33. The Balaban J connectivity index is 1.95. The van der Waals surface area contributed by atoms with E-state index in [-0.39, 0.29) is 12.2 Å². The quantitative estimate of drug-likeness (QED) is 0.427. The molecule has 7 nitrogen and oxygen atoms in total. The lowest BCUT2D eigenvalue weighted by Crippen LogP contribution is -2.27. The number of amides is 2. The lowest BCUT2D eigenvalue weighted by Gasteiger charge is -2.08. The summed E-state index contributed by atoms with van der Waals surface area (Å²) < 4.78 is 5.03. The van der Waals surface area contributed by atoms with Crippen molar-refractivity contribution in [3.05, 3.63) is 36.3 Å². The highest BCUT2D eigenvalue weighted by molar-refractivity contribution is 5.90. The molecule has 19 heavy (non-hydrogen) atoms. The fraction of sp³-hybridized carbons (Fsp3) is 0.0833. The van der Waals surface area contributed by atoms with Crippen LogP contribution in [0.1, 0.15) is 5.76 Å². The molecular formula is C12H12N2O5. The maximum Gasteiger partial charge on any atom is 0.319 e. The minimum atomic E-state index is -0.637. The second-order valence-electron chi connectivity index (χ2n) is 3.75. The van der Waals surface area contributed by atoms with Crippen molar-refractivity contribution in [3.8, 4) is 17.2 Å². The number of benzene rings is 1. The maximum atomic E-state index is 11.5. The summed E-state index contributed by atoms with van der Waals surface area (Å²) in [6.07, 6.45) is 1.49. The molecule has 2 amide bonds. The summed E-state index contributed by atoms with van der Waals surface area (Å²) in [4.78, 5) is 11.5. The Hall–Kier alpha value is -2.83. The number of rotatable bonds is 3. The Morgan fingerprint density at radius 2 is 1.89 bits per heavy atom. The van der Waals surface area contributed by atoms with Crippen LogP contribution in [0.25, 0.3) is 0 Å². The summed E-state index contributed by atoms with van der Waals surface area (Å²) in [7, 11) is 0. The minimum Gasteiger partial charge on any atom is -0.504 e. The van der Waals surface area contributed by atoms with Gasteiger partial charge in [-0.1, -0.05) is 0 Å². The van der Waals surface area contributed by atoms with Crippen molar-refractivity contribution in [2.45, 2.75) is 6.54 Å². The summed E-state index contributed by atoms with van der Waals surface area (Å²) in [5.41, 5.74) is 0.143. The van der Waals surface area contributed by atoms with Crippen molar-refractivity contribution in [2.24, 2.45) is 0 Å². The second-order valence-corrected chi connectivity index (χ2v) is 3.75. The fourth-order valence-electron chi connectivity index (χ4n) is 1.43. The lowest BCUT2D eigenvalue weighted by molar-refractivity contribution is 0.251. The van der Waals surface area contributed by atoms with Gasteiger partial charge in [0.2, 0.25) is 0 Å². The molecule has 0 radical (unpaired) electrons. The highest BCUT2D eigenvalue weighted by Gasteiger charge is 2.10. The van der Waals surface area contributed by atoms with E-state index in [0.29, 0.717) is 5.76 Å². The number of anilines is 1. The number of carbonyl (C=O) groups is 1. The van der Waals surface area contributed by atoms with Crippen molar-refractivity contribution in [2.75, 3.05) is 5.32 Å². The summed E-state index contributed by atoms with van der Waals surface area (Å²) in [6.45, 7) is 0.203. The normalized spacial score (nSPS) is 10.1. The van der Waals surface area contributed by atoms with Crippen LogP contribution in [0.4, 0.5) is 10.5 Å². The molecule has 2 rings (SSSR count). The number of furan rings is 1. The number of phenolic OH excluding ortho intramolecular Hbond substituents is 3. The first-order valence-corrected chi connectivity index (χ1v) is 5.38. The molecule has 0 aliphatic heterocycles. The van der Waals surface area contributed by atoms with E-state index in [9.17, 15) is 15.0 Å². The number of urea groups is 1. The SMILES string of the molecule is O=C(NCc1ccco1)Nc1cc(O)c(O)c(O)c1. The van der Waals surface area contributed by atoms with Gasteiger partial charge in [0.15, 0.2) is 17.2 Å². The Bertz CT molecular complexity index is 557. The van der Waals surface area contributed by atoms with Crippen molar-refractivity contribution < 1.29 is 24.5 Å². The Labute approximate surface area is 108 Å². The predicted molar refractivity (Wildman–Crippen MR) is 66.0 cm³/mol. The molecule has 0 bridgehead atoms. The van der Waals surface area contributed by atoms with Gasteiger partial charge >= 0.3 is 6.03 Å². The topological polar surface area (TPSA) is 115 Å². The van der Waals surface area contributed by atoms with Gasteiger partial charge in [-0.3, -0.25) is 0 Å². The van der Waals surface area contributed by atoms with Crippen LogP contribution in [0.5, 0.6) is 17.2 Å². The van der Waals surface area contributed by atoms with Gasteiger partial charge in [0.05, 0.1) is 18.5 Å². The monoisotopic (exact) mass is 264 g/mol. The van der Waals surface area contributed by atoms with E-state index in [4.69, 9.17) is 9.52 Å². The van der Waals surface area contributed by atoms with Crippen molar-refractivity contribution >= 4 is 11.7 Å². The second kappa shape index (κ2) is 5.21. The Morgan fingerprint density at radius 3 is 2.47 bits per heavy atom. The van der Waals surface area contributed by atoms with Gasteiger partial charge in [-0.05, 0) is 12.1 Å². The molecule has 0 aliphatic rings. The zero-order chi connectivity index (χ0) is 13.8. The summed E-state index contributed by atoms with van der Waals surface area (Å²) in [5, 5.41) is 32.6. The standard InChI is InChI=1S/C12H12N2O5/c15-9-4-7(5-10(16)11(9)17)14-12(18)13-6-8-2-1-3-19-8/h1-5,15-17H,6H2,(H2,13,14,18). The number of hydrogen-bond donors (Lipinski definition) is 5. The molecule has 7 heteroatoms.